The number of hydrogen-bond acceptors (Lipinski definition) is 3. The Morgan fingerprint density at radius 1 is 1.50 bits per heavy atom. The van der Waals surface area contributed by atoms with Crippen molar-refractivity contribution in [2.24, 2.45) is 0 Å². The lowest BCUT2D eigenvalue weighted by Crippen LogP contribution is -2.05. The Balaban J connectivity index is 1.91. The van der Waals surface area contributed by atoms with E-state index in [2.05, 4.69) is 51.6 Å². The molecule has 0 radical (unpaired) electrons. The minimum atomic E-state index is 0.744. The minimum Gasteiger partial charge on any atom is -0.286 e. The molecule has 2 aromatic rings. The minimum absolute atomic E-state index is 0.744. The zero-order chi connectivity index (χ0) is 11.0. The molecular formula is C12H15N3S. The maximum absolute atomic E-state index is 4.30. The molecule has 3 nitrogen and oxygen atoms in total. The third-order valence-corrected chi connectivity index (χ3v) is 4.47. The number of rotatable bonds is 2. The van der Waals surface area contributed by atoms with Crippen molar-refractivity contribution in [2.45, 2.75) is 31.4 Å². The molecule has 1 saturated heterocycles. The fraction of sp³-hybridized carbons (Fsp3) is 0.500. The average molecular weight is 233 g/mol. The summed E-state index contributed by atoms with van der Waals surface area (Å²) in [6.07, 6.45) is 5.81. The van der Waals surface area contributed by atoms with Gasteiger partial charge >= 0.3 is 0 Å². The second-order valence-electron chi connectivity index (χ2n) is 4.39. The van der Waals surface area contributed by atoms with Crippen molar-refractivity contribution in [3.63, 3.8) is 0 Å². The van der Waals surface area contributed by atoms with Crippen LogP contribution in [0.1, 0.15) is 24.2 Å². The standard InChI is InChI=1S/C12H15N3S/c1-9-4-5-15-11(7-9)13-14-12(15)8-10-3-2-6-16-10/h4-5,7,10H,2-3,6,8H2,1H3. The van der Waals surface area contributed by atoms with E-state index in [1.165, 1.54) is 24.2 Å². The first-order chi connectivity index (χ1) is 7.83. The van der Waals surface area contributed by atoms with Crippen LogP contribution < -0.4 is 0 Å². The third-order valence-electron chi connectivity index (χ3n) is 3.07. The molecule has 16 heavy (non-hydrogen) atoms. The van der Waals surface area contributed by atoms with Crippen LogP contribution in [0, 0.1) is 6.92 Å². The van der Waals surface area contributed by atoms with Gasteiger partial charge in [-0.15, -0.1) is 10.2 Å². The molecule has 1 aliphatic heterocycles. The van der Waals surface area contributed by atoms with Crippen molar-refractivity contribution >= 4 is 17.4 Å². The molecule has 0 bridgehead atoms. The van der Waals surface area contributed by atoms with E-state index >= 15 is 0 Å². The Kier molecular flexibility index (Phi) is 2.59. The van der Waals surface area contributed by atoms with Crippen LogP contribution in [0.5, 0.6) is 0 Å². The van der Waals surface area contributed by atoms with Crippen molar-refractivity contribution in [2.75, 3.05) is 5.75 Å². The molecule has 0 aromatic carbocycles. The summed E-state index contributed by atoms with van der Waals surface area (Å²) in [6.45, 7) is 2.08. The van der Waals surface area contributed by atoms with E-state index in [1.807, 2.05) is 0 Å². The molecule has 84 valence electrons. The lowest BCUT2D eigenvalue weighted by Gasteiger charge is -2.06. The van der Waals surface area contributed by atoms with E-state index < -0.39 is 0 Å². The smallest absolute Gasteiger partial charge is 0.161 e. The van der Waals surface area contributed by atoms with Gasteiger partial charge in [0.05, 0.1) is 0 Å². The maximum Gasteiger partial charge on any atom is 0.161 e. The van der Waals surface area contributed by atoms with E-state index in [9.17, 15) is 0 Å². The van der Waals surface area contributed by atoms with Crippen LogP contribution in [-0.2, 0) is 6.42 Å². The number of nitrogens with zero attached hydrogens (tertiary/aromatic N) is 3. The van der Waals surface area contributed by atoms with Crippen molar-refractivity contribution in [3.05, 3.63) is 29.7 Å². The monoisotopic (exact) mass is 233 g/mol. The number of aromatic nitrogens is 3. The first-order valence-corrected chi connectivity index (χ1v) is 6.80. The van der Waals surface area contributed by atoms with Gasteiger partial charge in [0.2, 0.25) is 0 Å². The molecule has 0 aliphatic carbocycles. The molecule has 4 heteroatoms. The molecule has 1 fully saturated rings. The molecule has 0 N–H and O–H groups in total. The van der Waals surface area contributed by atoms with Gasteiger partial charge in [-0.3, -0.25) is 4.40 Å². The Bertz CT molecular complexity index is 500. The van der Waals surface area contributed by atoms with Crippen molar-refractivity contribution in [1.29, 1.82) is 0 Å². The fourth-order valence-electron chi connectivity index (χ4n) is 2.19. The molecule has 0 saturated carbocycles. The quantitative estimate of drug-likeness (QED) is 0.798. The zero-order valence-corrected chi connectivity index (χ0v) is 10.2. The van der Waals surface area contributed by atoms with Crippen LogP contribution in [0.2, 0.25) is 0 Å². The van der Waals surface area contributed by atoms with E-state index in [1.54, 1.807) is 0 Å². The van der Waals surface area contributed by atoms with E-state index in [0.717, 1.165) is 23.1 Å². The number of thioether (sulfide) groups is 1. The topological polar surface area (TPSA) is 30.2 Å². The van der Waals surface area contributed by atoms with E-state index in [0.29, 0.717) is 0 Å². The third kappa shape index (κ3) is 1.82. The predicted molar refractivity (Wildman–Crippen MR) is 66.9 cm³/mol. The van der Waals surface area contributed by atoms with Gasteiger partial charge in [-0.1, -0.05) is 0 Å². The average Bonchev–Trinajstić information content (AvgIpc) is 2.89. The zero-order valence-electron chi connectivity index (χ0n) is 9.39. The Morgan fingerprint density at radius 3 is 3.25 bits per heavy atom. The Morgan fingerprint density at radius 2 is 2.44 bits per heavy atom. The summed E-state index contributed by atoms with van der Waals surface area (Å²) in [5.74, 6) is 2.41. The molecule has 1 atom stereocenters. The summed E-state index contributed by atoms with van der Waals surface area (Å²) in [5.41, 5.74) is 2.21. The van der Waals surface area contributed by atoms with Crippen molar-refractivity contribution < 1.29 is 0 Å². The molecule has 0 amide bonds. The largest absolute Gasteiger partial charge is 0.286 e. The van der Waals surface area contributed by atoms with Crippen LogP contribution in [-0.4, -0.2) is 25.6 Å². The first kappa shape index (κ1) is 10.1. The van der Waals surface area contributed by atoms with Gasteiger partial charge in [0, 0.05) is 17.9 Å². The van der Waals surface area contributed by atoms with Crippen LogP contribution in [0.4, 0.5) is 0 Å². The maximum atomic E-state index is 4.30. The molecular weight excluding hydrogens is 218 g/mol. The molecule has 1 aliphatic rings. The van der Waals surface area contributed by atoms with E-state index in [4.69, 9.17) is 0 Å². The van der Waals surface area contributed by atoms with Gasteiger partial charge in [0.15, 0.2) is 5.65 Å². The fourth-order valence-corrected chi connectivity index (χ4v) is 3.46. The van der Waals surface area contributed by atoms with Gasteiger partial charge in [-0.2, -0.15) is 11.8 Å². The molecule has 3 heterocycles. The van der Waals surface area contributed by atoms with Gasteiger partial charge in [0.25, 0.3) is 0 Å². The first-order valence-electron chi connectivity index (χ1n) is 5.75. The number of aryl methyl sites for hydroxylation is 1. The highest BCUT2D eigenvalue weighted by Crippen LogP contribution is 2.28. The summed E-state index contributed by atoms with van der Waals surface area (Å²) < 4.78 is 2.12. The Labute approximate surface area is 99.3 Å². The molecule has 3 rings (SSSR count). The SMILES string of the molecule is Cc1ccn2c(CC3CCCS3)nnc2c1. The van der Waals surface area contributed by atoms with Crippen LogP contribution in [0.25, 0.3) is 5.65 Å². The van der Waals surface area contributed by atoms with Gasteiger partial charge in [-0.05, 0) is 43.2 Å². The number of pyridine rings is 1. The normalized spacial score (nSPS) is 20.7. The van der Waals surface area contributed by atoms with E-state index in [-0.39, 0.29) is 0 Å². The Hall–Kier alpha value is -1.03. The lowest BCUT2D eigenvalue weighted by atomic mass is 10.2. The number of fused-ring (bicyclic) bond motifs is 1. The van der Waals surface area contributed by atoms with Crippen LogP contribution in [0.15, 0.2) is 18.3 Å². The van der Waals surface area contributed by atoms with Gasteiger partial charge < -0.3 is 0 Å². The van der Waals surface area contributed by atoms with Crippen molar-refractivity contribution in [1.82, 2.24) is 14.6 Å². The highest BCUT2D eigenvalue weighted by Gasteiger charge is 2.18. The number of hydrogen-bond donors (Lipinski definition) is 0. The lowest BCUT2D eigenvalue weighted by molar-refractivity contribution is 0.738. The summed E-state index contributed by atoms with van der Waals surface area (Å²) in [6, 6.07) is 4.19. The summed E-state index contributed by atoms with van der Waals surface area (Å²) in [7, 11) is 0. The summed E-state index contributed by atoms with van der Waals surface area (Å²) in [4.78, 5) is 0. The van der Waals surface area contributed by atoms with Crippen LogP contribution >= 0.6 is 11.8 Å². The highest BCUT2D eigenvalue weighted by atomic mass is 32.2. The summed E-state index contributed by atoms with van der Waals surface area (Å²) >= 11 is 2.07. The van der Waals surface area contributed by atoms with Crippen molar-refractivity contribution in [3.8, 4) is 0 Å². The molecule has 0 spiro atoms. The van der Waals surface area contributed by atoms with Gasteiger partial charge in [-0.25, -0.2) is 0 Å². The van der Waals surface area contributed by atoms with Crippen LogP contribution in [0.3, 0.4) is 0 Å². The highest BCUT2D eigenvalue weighted by molar-refractivity contribution is 8.00. The molecule has 2 aromatic heterocycles. The second-order valence-corrected chi connectivity index (χ2v) is 5.80. The second kappa shape index (κ2) is 4.09. The van der Waals surface area contributed by atoms with Gasteiger partial charge in [0.1, 0.15) is 5.82 Å². The summed E-state index contributed by atoms with van der Waals surface area (Å²) in [5, 5.41) is 9.27. The predicted octanol–water partition coefficient (Wildman–Crippen LogP) is 2.48. The molecule has 1 unspecified atom stereocenters.